The van der Waals surface area contributed by atoms with E-state index in [-0.39, 0.29) is 12.1 Å². The molecule has 0 aromatic carbocycles. The van der Waals surface area contributed by atoms with Crippen molar-refractivity contribution in [1.29, 1.82) is 0 Å². The van der Waals surface area contributed by atoms with Crippen LogP contribution in [0.1, 0.15) is 51.4 Å². The van der Waals surface area contributed by atoms with Crippen molar-refractivity contribution in [2.45, 2.75) is 64.0 Å². The molecule has 3 heterocycles. The number of anilines is 1. The first-order valence-corrected chi connectivity index (χ1v) is 9.43. The number of piperidine rings is 1. The summed E-state index contributed by atoms with van der Waals surface area (Å²) in [5.74, 6) is 0. The first-order chi connectivity index (χ1) is 11.7. The van der Waals surface area contributed by atoms with Crippen molar-refractivity contribution >= 4 is 11.7 Å². The van der Waals surface area contributed by atoms with Crippen molar-refractivity contribution < 1.29 is 9.53 Å². The minimum atomic E-state index is 0.0134. The first kappa shape index (κ1) is 15.9. The molecule has 0 bridgehead atoms. The predicted molar refractivity (Wildman–Crippen MR) is 91.9 cm³/mol. The Balaban J connectivity index is 1.27. The van der Waals surface area contributed by atoms with Gasteiger partial charge >= 0.3 is 6.03 Å². The summed E-state index contributed by atoms with van der Waals surface area (Å²) in [6.45, 7) is 3.39. The molecule has 3 aliphatic rings. The lowest BCUT2D eigenvalue weighted by molar-refractivity contribution is 0.0940. The second-order valence-corrected chi connectivity index (χ2v) is 7.71. The van der Waals surface area contributed by atoms with Crippen LogP contribution in [0.3, 0.4) is 0 Å². The number of likely N-dealkylation sites (tertiary alicyclic amines) is 1. The van der Waals surface area contributed by atoms with Crippen LogP contribution >= 0.6 is 0 Å². The van der Waals surface area contributed by atoms with Gasteiger partial charge in [0.15, 0.2) is 0 Å². The molecular formula is C18H28N4O2. The van der Waals surface area contributed by atoms with Gasteiger partial charge in [0.25, 0.3) is 0 Å². The van der Waals surface area contributed by atoms with Crippen LogP contribution in [0.15, 0.2) is 12.4 Å². The fraction of sp³-hybridized carbons (Fsp3) is 0.778. The molecule has 4 rings (SSSR count). The highest BCUT2D eigenvalue weighted by Crippen LogP contribution is 2.46. The smallest absolute Gasteiger partial charge is 0.321 e. The molecule has 1 aromatic heterocycles. The van der Waals surface area contributed by atoms with E-state index in [2.05, 4.69) is 10.4 Å². The average molecular weight is 332 g/mol. The Labute approximate surface area is 143 Å². The fourth-order valence-corrected chi connectivity index (χ4v) is 4.54. The van der Waals surface area contributed by atoms with Crippen LogP contribution in [-0.2, 0) is 11.3 Å². The fourth-order valence-electron chi connectivity index (χ4n) is 4.54. The molecule has 6 heteroatoms. The van der Waals surface area contributed by atoms with E-state index in [1.54, 1.807) is 6.20 Å². The lowest BCUT2D eigenvalue weighted by Gasteiger charge is -2.39. The van der Waals surface area contributed by atoms with Gasteiger partial charge in [-0.3, -0.25) is 4.68 Å². The number of hydrogen-bond acceptors (Lipinski definition) is 3. The van der Waals surface area contributed by atoms with Gasteiger partial charge in [0.05, 0.1) is 24.5 Å². The van der Waals surface area contributed by atoms with E-state index in [0.717, 1.165) is 44.8 Å². The zero-order valence-corrected chi connectivity index (χ0v) is 14.4. The van der Waals surface area contributed by atoms with E-state index < -0.39 is 0 Å². The Kier molecular flexibility index (Phi) is 4.48. The largest absolute Gasteiger partial charge is 0.376 e. The third-order valence-electron chi connectivity index (χ3n) is 6.07. The summed E-state index contributed by atoms with van der Waals surface area (Å²) in [6.07, 6.45) is 13.9. The highest BCUT2D eigenvalue weighted by molar-refractivity contribution is 5.89. The highest BCUT2D eigenvalue weighted by Gasteiger charge is 2.37. The molecule has 1 aliphatic carbocycles. The van der Waals surface area contributed by atoms with Gasteiger partial charge in [-0.1, -0.05) is 12.8 Å². The quantitative estimate of drug-likeness (QED) is 0.924. The van der Waals surface area contributed by atoms with Crippen molar-refractivity contribution in [1.82, 2.24) is 14.7 Å². The van der Waals surface area contributed by atoms with Crippen molar-refractivity contribution in [3.63, 3.8) is 0 Å². The number of rotatable bonds is 3. The standard InChI is InChI=1S/C18H28N4O2/c23-17(21-9-7-18(8-10-21)5-1-2-6-18)20-15-12-19-22(13-15)14-16-4-3-11-24-16/h12-13,16H,1-11,14H2,(H,20,23). The summed E-state index contributed by atoms with van der Waals surface area (Å²) in [5.41, 5.74) is 1.32. The van der Waals surface area contributed by atoms with Gasteiger partial charge in [0.2, 0.25) is 0 Å². The molecule has 0 radical (unpaired) electrons. The number of urea groups is 1. The lowest BCUT2D eigenvalue weighted by atomic mass is 9.77. The highest BCUT2D eigenvalue weighted by atomic mass is 16.5. The molecule has 1 atom stereocenters. The Hall–Kier alpha value is -1.56. The van der Waals surface area contributed by atoms with Crippen LogP contribution in [0.25, 0.3) is 0 Å². The zero-order chi connectivity index (χ0) is 16.4. The number of carbonyl (C=O) groups is 1. The molecular weight excluding hydrogens is 304 g/mol. The normalized spacial score (nSPS) is 26.2. The number of hydrogen-bond donors (Lipinski definition) is 1. The van der Waals surface area contributed by atoms with Gasteiger partial charge in [0, 0.05) is 25.9 Å². The lowest BCUT2D eigenvalue weighted by Crippen LogP contribution is -2.44. The molecule has 2 aliphatic heterocycles. The molecule has 1 unspecified atom stereocenters. The van der Waals surface area contributed by atoms with E-state index in [9.17, 15) is 4.79 Å². The van der Waals surface area contributed by atoms with Crippen LogP contribution in [0.2, 0.25) is 0 Å². The van der Waals surface area contributed by atoms with Crippen LogP contribution in [-0.4, -0.2) is 46.5 Å². The van der Waals surface area contributed by atoms with Gasteiger partial charge in [-0.05, 0) is 43.9 Å². The topological polar surface area (TPSA) is 59.4 Å². The van der Waals surface area contributed by atoms with Crippen molar-refractivity contribution in [3.05, 3.63) is 12.4 Å². The molecule has 2 saturated heterocycles. The van der Waals surface area contributed by atoms with Crippen LogP contribution in [0.5, 0.6) is 0 Å². The van der Waals surface area contributed by atoms with Gasteiger partial charge in [-0.2, -0.15) is 5.10 Å². The maximum Gasteiger partial charge on any atom is 0.321 e. The summed E-state index contributed by atoms with van der Waals surface area (Å²) >= 11 is 0. The molecule has 1 N–H and O–H groups in total. The summed E-state index contributed by atoms with van der Waals surface area (Å²) in [6, 6.07) is 0.0134. The monoisotopic (exact) mass is 332 g/mol. The van der Waals surface area contributed by atoms with Crippen LogP contribution in [0.4, 0.5) is 10.5 Å². The Morgan fingerprint density at radius 3 is 2.75 bits per heavy atom. The number of carbonyl (C=O) groups excluding carboxylic acids is 1. The molecule has 24 heavy (non-hydrogen) atoms. The molecule has 1 aromatic rings. The predicted octanol–water partition coefficient (Wildman–Crippen LogP) is 3.25. The maximum absolute atomic E-state index is 12.5. The summed E-state index contributed by atoms with van der Waals surface area (Å²) < 4.78 is 7.50. The summed E-state index contributed by atoms with van der Waals surface area (Å²) in [4.78, 5) is 14.4. The van der Waals surface area contributed by atoms with Crippen molar-refractivity contribution in [2.24, 2.45) is 5.41 Å². The summed E-state index contributed by atoms with van der Waals surface area (Å²) in [7, 11) is 0. The SMILES string of the molecule is O=C(Nc1cnn(CC2CCCO2)c1)N1CCC2(CCCC2)CC1. The Morgan fingerprint density at radius 2 is 2.04 bits per heavy atom. The van der Waals surface area contributed by atoms with Gasteiger partial charge in [0.1, 0.15) is 0 Å². The van der Waals surface area contributed by atoms with Crippen LogP contribution < -0.4 is 5.32 Å². The zero-order valence-electron chi connectivity index (χ0n) is 14.4. The summed E-state index contributed by atoms with van der Waals surface area (Å²) in [5, 5.41) is 7.34. The molecule has 3 fully saturated rings. The number of aromatic nitrogens is 2. The van der Waals surface area contributed by atoms with Crippen molar-refractivity contribution in [2.75, 3.05) is 25.0 Å². The third-order valence-corrected chi connectivity index (χ3v) is 6.07. The first-order valence-electron chi connectivity index (χ1n) is 9.43. The molecule has 1 spiro atoms. The Morgan fingerprint density at radius 1 is 1.25 bits per heavy atom. The second-order valence-electron chi connectivity index (χ2n) is 7.71. The molecule has 132 valence electrons. The van der Waals surface area contributed by atoms with Crippen molar-refractivity contribution in [3.8, 4) is 0 Å². The second kappa shape index (κ2) is 6.75. The third kappa shape index (κ3) is 3.43. The average Bonchev–Trinajstić information content (AvgIpc) is 3.32. The molecule has 6 nitrogen and oxygen atoms in total. The van der Waals surface area contributed by atoms with E-state index in [1.165, 1.54) is 38.5 Å². The van der Waals surface area contributed by atoms with Gasteiger partial charge in [-0.15, -0.1) is 0 Å². The van der Waals surface area contributed by atoms with Gasteiger partial charge < -0.3 is 15.0 Å². The number of amides is 2. The number of nitrogens with zero attached hydrogens (tertiary/aromatic N) is 3. The molecule has 1 saturated carbocycles. The van der Waals surface area contributed by atoms with Gasteiger partial charge in [-0.25, -0.2) is 4.79 Å². The van der Waals surface area contributed by atoms with E-state index >= 15 is 0 Å². The van der Waals surface area contributed by atoms with E-state index in [0.29, 0.717) is 5.41 Å². The van der Waals surface area contributed by atoms with E-state index in [1.807, 2.05) is 15.8 Å². The van der Waals surface area contributed by atoms with Crippen LogP contribution in [0, 0.1) is 5.41 Å². The maximum atomic E-state index is 12.5. The number of ether oxygens (including phenoxy) is 1. The molecule has 2 amide bonds. The minimum absolute atomic E-state index is 0.0134. The number of nitrogens with one attached hydrogen (secondary N) is 1. The minimum Gasteiger partial charge on any atom is -0.376 e. The Bertz CT molecular complexity index is 563. The van der Waals surface area contributed by atoms with E-state index in [4.69, 9.17) is 4.74 Å².